The first-order chi connectivity index (χ1) is 16.9. The lowest BCUT2D eigenvalue weighted by Gasteiger charge is -2.36. The zero-order chi connectivity index (χ0) is 24.6. The van der Waals surface area contributed by atoms with Gasteiger partial charge in [-0.25, -0.2) is 4.90 Å². The Hall–Kier alpha value is -3.79. The number of ether oxygens (including phenoxy) is 1. The van der Waals surface area contributed by atoms with Crippen LogP contribution in [0.15, 0.2) is 36.4 Å². The minimum atomic E-state index is -1.26. The van der Waals surface area contributed by atoms with Crippen LogP contribution in [0.25, 0.3) is 0 Å². The number of methoxy groups -OCH3 is 1. The molecule has 4 aliphatic rings. The molecule has 0 unspecified atom stereocenters. The number of aryl methyl sites for hydroxylation is 1. The zero-order valence-electron chi connectivity index (χ0n) is 19.3. The van der Waals surface area contributed by atoms with Gasteiger partial charge < -0.3 is 10.1 Å². The van der Waals surface area contributed by atoms with E-state index in [0.29, 0.717) is 13.0 Å². The maximum absolute atomic E-state index is 14.1. The molecule has 4 heterocycles. The van der Waals surface area contributed by atoms with Gasteiger partial charge in [-0.3, -0.25) is 29.4 Å². The standard InChI is InChI=1S/C25H24N4O6/c1-3-13-6-4-7-15-21(13)26-24(32)25(15)20-19(17-8-5-11-27(17)25)22(30)28(23(20)31)16-10-9-14(29(33)34)12-18(16)35-2/h4,6-7,9-10,12,17,19-20H,3,5,8,11H2,1-2H3,(H,26,32)/t17-,19-,20+,25-/m1/s1. The first-order valence-corrected chi connectivity index (χ1v) is 11.8. The van der Waals surface area contributed by atoms with Gasteiger partial charge in [0.05, 0.1) is 35.6 Å². The van der Waals surface area contributed by atoms with Crippen molar-refractivity contribution in [1.29, 1.82) is 0 Å². The van der Waals surface area contributed by atoms with E-state index in [-0.39, 0.29) is 29.1 Å². The fraction of sp³-hybridized carbons (Fsp3) is 0.400. The average molecular weight is 476 g/mol. The fourth-order valence-corrected chi connectivity index (χ4v) is 6.79. The number of non-ortho nitro benzene ring substituents is 1. The third-order valence-corrected chi connectivity index (χ3v) is 8.11. The van der Waals surface area contributed by atoms with Crippen LogP contribution in [0.2, 0.25) is 0 Å². The van der Waals surface area contributed by atoms with Gasteiger partial charge in [0.15, 0.2) is 0 Å². The summed E-state index contributed by atoms with van der Waals surface area (Å²) < 4.78 is 5.34. The second-order valence-corrected chi connectivity index (χ2v) is 9.45. The van der Waals surface area contributed by atoms with Gasteiger partial charge in [-0.1, -0.05) is 25.1 Å². The maximum Gasteiger partial charge on any atom is 0.273 e. The number of nitrogens with one attached hydrogen (secondary N) is 1. The molecular formula is C25H24N4O6. The quantitative estimate of drug-likeness (QED) is 0.409. The molecule has 0 saturated carbocycles. The van der Waals surface area contributed by atoms with E-state index in [0.717, 1.165) is 34.6 Å². The lowest BCUT2D eigenvalue weighted by molar-refractivity contribution is -0.384. The highest BCUT2D eigenvalue weighted by atomic mass is 16.6. The van der Waals surface area contributed by atoms with E-state index in [1.54, 1.807) is 0 Å². The molecule has 4 atom stereocenters. The van der Waals surface area contributed by atoms with Crippen molar-refractivity contribution >= 4 is 34.8 Å². The van der Waals surface area contributed by atoms with Crippen molar-refractivity contribution < 1.29 is 24.0 Å². The van der Waals surface area contributed by atoms with E-state index >= 15 is 0 Å². The van der Waals surface area contributed by atoms with Crippen molar-refractivity contribution in [3.63, 3.8) is 0 Å². The highest BCUT2D eigenvalue weighted by Gasteiger charge is 2.74. The summed E-state index contributed by atoms with van der Waals surface area (Å²) in [6.45, 7) is 2.64. The monoisotopic (exact) mass is 476 g/mol. The number of fused-ring (bicyclic) bond motifs is 7. The Morgan fingerprint density at radius 1 is 1.20 bits per heavy atom. The Labute approximate surface area is 201 Å². The second kappa shape index (κ2) is 7.35. The number of para-hydroxylation sites is 1. The molecule has 10 heteroatoms. The van der Waals surface area contributed by atoms with Gasteiger partial charge >= 0.3 is 0 Å². The highest BCUT2D eigenvalue weighted by molar-refractivity contribution is 6.26. The third kappa shape index (κ3) is 2.54. The number of imide groups is 1. The molecule has 0 aromatic heterocycles. The number of amides is 3. The molecule has 3 amide bonds. The predicted octanol–water partition coefficient (Wildman–Crippen LogP) is 2.60. The van der Waals surface area contributed by atoms with Crippen molar-refractivity contribution in [3.05, 3.63) is 57.6 Å². The molecule has 0 aliphatic carbocycles. The van der Waals surface area contributed by atoms with Crippen LogP contribution in [0.4, 0.5) is 17.1 Å². The topological polar surface area (TPSA) is 122 Å². The molecule has 2 aromatic carbocycles. The zero-order valence-corrected chi connectivity index (χ0v) is 19.3. The number of hydrogen-bond acceptors (Lipinski definition) is 7. The molecule has 0 bridgehead atoms. The number of rotatable bonds is 4. The average Bonchev–Trinajstić information content (AvgIpc) is 3.56. The van der Waals surface area contributed by atoms with Gasteiger partial charge in [-0.05, 0) is 37.4 Å². The number of nitro groups is 1. The molecule has 6 rings (SSSR count). The van der Waals surface area contributed by atoms with Gasteiger partial charge in [0, 0.05) is 23.4 Å². The van der Waals surface area contributed by atoms with Gasteiger partial charge in [-0.2, -0.15) is 0 Å². The number of carbonyl (C=O) groups excluding carboxylic acids is 3. The Morgan fingerprint density at radius 2 is 2.00 bits per heavy atom. The lowest BCUT2D eigenvalue weighted by Crippen LogP contribution is -2.54. The summed E-state index contributed by atoms with van der Waals surface area (Å²) >= 11 is 0. The van der Waals surface area contributed by atoms with Gasteiger partial charge in [0.1, 0.15) is 11.3 Å². The van der Waals surface area contributed by atoms with Crippen molar-refractivity contribution in [2.45, 2.75) is 37.8 Å². The smallest absolute Gasteiger partial charge is 0.273 e. The summed E-state index contributed by atoms with van der Waals surface area (Å²) in [7, 11) is 1.33. The predicted molar refractivity (Wildman–Crippen MR) is 125 cm³/mol. The van der Waals surface area contributed by atoms with Crippen LogP contribution < -0.4 is 15.0 Å². The van der Waals surface area contributed by atoms with Crippen molar-refractivity contribution in [1.82, 2.24) is 4.90 Å². The molecule has 4 aliphatic heterocycles. The van der Waals surface area contributed by atoms with E-state index in [1.165, 1.54) is 25.3 Å². The molecule has 180 valence electrons. The number of nitro benzene ring substituents is 1. The highest BCUT2D eigenvalue weighted by Crippen LogP contribution is 2.61. The Kier molecular flexibility index (Phi) is 4.56. The van der Waals surface area contributed by atoms with Gasteiger partial charge in [0.2, 0.25) is 17.7 Å². The Balaban J connectivity index is 1.53. The summed E-state index contributed by atoms with van der Waals surface area (Å²) in [6, 6.07) is 9.31. The van der Waals surface area contributed by atoms with E-state index in [4.69, 9.17) is 4.74 Å². The molecule has 2 aromatic rings. The van der Waals surface area contributed by atoms with Crippen LogP contribution in [0.3, 0.4) is 0 Å². The van der Waals surface area contributed by atoms with E-state index in [2.05, 4.69) is 10.2 Å². The van der Waals surface area contributed by atoms with E-state index in [1.807, 2.05) is 25.1 Å². The minimum Gasteiger partial charge on any atom is -0.494 e. The largest absolute Gasteiger partial charge is 0.494 e. The summed E-state index contributed by atoms with van der Waals surface area (Å²) in [4.78, 5) is 55.6. The number of benzene rings is 2. The molecular weight excluding hydrogens is 452 g/mol. The van der Waals surface area contributed by atoms with Crippen LogP contribution in [0, 0.1) is 22.0 Å². The molecule has 0 radical (unpaired) electrons. The molecule has 3 saturated heterocycles. The van der Waals surface area contributed by atoms with Crippen molar-refractivity contribution in [2.75, 3.05) is 23.9 Å². The number of hydrogen-bond donors (Lipinski definition) is 1. The number of nitrogens with zero attached hydrogens (tertiary/aromatic N) is 3. The number of anilines is 2. The van der Waals surface area contributed by atoms with E-state index in [9.17, 15) is 24.5 Å². The number of carbonyl (C=O) groups is 3. The lowest BCUT2D eigenvalue weighted by atomic mass is 9.75. The second-order valence-electron chi connectivity index (χ2n) is 9.45. The third-order valence-electron chi connectivity index (χ3n) is 8.11. The Bertz CT molecular complexity index is 1330. The molecule has 3 fully saturated rings. The summed E-state index contributed by atoms with van der Waals surface area (Å²) in [5, 5.41) is 14.3. The first-order valence-electron chi connectivity index (χ1n) is 11.8. The normalized spacial score (nSPS) is 28.9. The van der Waals surface area contributed by atoms with Crippen LogP contribution >= 0.6 is 0 Å². The van der Waals surface area contributed by atoms with Crippen molar-refractivity contribution in [2.24, 2.45) is 11.8 Å². The van der Waals surface area contributed by atoms with Crippen molar-refractivity contribution in [3.8, 4) is 5.75 Å². The SMILES string of the molecule is CCc1cccc2c1NC(=O)[C@]21[C@@H]2C(=O)N(c3ccc([N+](=O)[O-])cc3OC)C(=O)[C@@H]2[C@H]2CCCN21. The maximum atomic E-state index is 14.1. The summed E-state index contributed by atoms with van der Waals surface area (Å²) in [5.41, 5.74) is 1.15. The van der Waals surface area contributed by atoms with Gasteiger partial charge in [-0.15, -0.1) is 0 Å². The molecule has 1 N–H and O–H groups in total. The summed E-state index contributed by atoms with van der Waals surface area (Å²) in [5.74, 6) is -2.67. The van der Waals surface area contributed by atoms with Crippen LogP contribution in [-0.4, -0.2) is 47.2 Å². The first kappa shape index (κ1) is 21.7. The molecule has 1 spiro atoms. The molecule has 35 heavy (non-hydrogen) atoms. The van der Waals surface area contributed by atoms with E-state index < -0.39 is 34.1 Å². The van der Waals surface area contributed by atoms with Gasteiger partial charge in [0.25, 0.3) is 5.69 Å². The molecule has 10 nitrogen and oxygen atoms in total. The van der Waals surface area contributed by atoms with Crippen LogP contribution in [0.1, 0.15) is 30.9 Å². The Morgan fingerprint density at radius 3 is 2.71 bits per heavy atom. The minimum absolute atomic E-state index is 0.0581. The van der Waals surface area contributed by atoms with Crippen LogP contribution in [-0.2, 0) is 26.3 Å². The fourth-order valence-electron chi connectivity index (χ4n) is 6.79. The van der Waals surface area contributed by atoms with Crippen LogP contribution in [0.5, 0.6) is 5.75 Å². The summed E-state index contributed by atoms with van der Waals surface area (Å²) in [6.07, 6.45) is 2.26.